The zero-order valence-corrected chi connectivity index (χ0v) is 5.73. The number of rotatable bonds is 1. The van der Waals surface area contributed by atoms with Crippen LogP contribution in [-0.4, -0.2) is 25.9 Å². The van der Waals surface area contributed by atoms with E-state index in [-0.39, 0.29) is 5.48 Å². The molecule has 0 aromatic carbocycles. The van der Waals surface area contributed by atoms with Crippen LogP contribution in [0.1, 0.15) is 0 Å². The van der Waals surface area contributed by atoms with Gasteiger partial charge in [-0.15, -0.1) is 0 Å². The van der Waals surface area contributed by atoms with Crippen LogP contribution in [0.3, 0.4) is 0 Å². The Labute approximate surface area is 55.1 Å². The van der Waals surface area contributed by atoms with Crippen LogP contribution in [0.25, 0.3) is 0 Å². The van der Waals surface area contributed by atoms with Crippen LogP contribution < -0.4 is 0 Å². The first-order valence-corrected chi connectivity index (χ1v) is 3.68. The van der Waals surface area contributed by atoms with E-state index in [4.69, 9.17) is 0 Å². The van der Waals surface area contributed by atoms with Gasteiger partial charge in [0, 0.05) is 6.26 Å². The molecule has 1 heterocycles. The highest BCUT2D eigenvalue weighted by atomic mass is 32.2. The molecule has 1 unspecified atom stereocenters. The summed E-state index contributed by atoms with van der Waals surface area (Å²) in [7, 11) is -0.916. The zero-order chi connectivity index (χ0) is 5.98. The highest BCUT2D eigenvalue weighted by molar-refractivity contribution is 7.84. The number of aromatic nitrogens is 2. The Balaban J connectivity index is 0.000000640. The summed E-state index contributed by atoms with van der Waals surface area (Å²) < 4.78 is 10.5. The number of H-pyrrole nitrogens is 1. The van der Waals surface area contributed by atoms with E-state index in [0.29, 0.717) is 5.03 Å². The van der Waals surface area contributed by atoms with E-state index < -0.39 is 10.8 Å². The van der Waals surface area contributed by atoms with Crippen molar-refractivity contribution in [1.29, 1.82) is 0 Å². The number of nitrogens with one attached hydrogen (secondary N) is 1. The van der Waals surface area contributed by atoms with Crippen molar-refractivity contribution in [1.82, 2.24) is 9.97 Å². The summed E-state index contributed by atoms with van der Waals surface area (Å²) in [5.41, 5.74) is 0. The summed E-state index contributed by atoms with van der Waals surface area (Å²) in [4.78, 5) is 6.42. The highest BCUT2D eigenvalue weighted by Gasteiger charge is 1.93. The van der Waals surface area contributed by atoms with Gasteiger partial charge in [-0.25, -0.2) is 4.98 Å². The molecule has 0 fully saturated rings. The molecule has 3 N–H and O–H groups in total. The maximum Gasteiger partial charge on any atom is 0.123 e. The maximum absolute atomic E-state index is 10.5. The first-order chi connectivity index (χ1) is 3.80. The van der Waals surface area contributed by atoms with Crippen LogP contribution in [0.2, 0.25) is 0 Å². The number of nitrogens with zero attached hydrogens (tertiary/aromatic N) is 1. The molecule has 1 aromatic heterocycles. The van der Waals surface area contributed by atoms with E-state index in [2.05, 4.69) is 9.97 Å². The van der Waals surface area contributed by atoms with Gasteiger partial charge in [-0.3, -0.25) is 4.21 Å². The Morgan fingerprint density at radius 2 is 2.44 bits per heavy atom. The molecule has 0 spiro atoms. The molecule has 0 aliphatic rings. The molecule has 0 saturated carbocycles. The quantitative estimate of drug-likeness (QED) is 0.573. The summed E-state index contributed by atoms with van der Waals surface area (Å²) in [5.74, 6) is 0. The third kappa shape index (κ3) is 1.95. The summed E-state index contributed by atoms with van der Waals surface area (Å²) in [6.45, 7) is 0. The highest BCUT2D eigenvalue weighted by Crippen LogP contribution is 1.93. The molecular formula is C4H8N2O2S. The largest absolute Gasteiger partial charge is 0.412 e. The lowest BCUT2D eigenvalue weighted by atomic mass is 11.0. The van der Waals surface area contributed by atoms with Gasteiger partial charge in [0.05, 0.1) is 23.3 Å². The minimum absolute atomic E-state index is 0. The van der Waals surface area contributed by atoms with Crippen LogP contribution in [0.4, 0.5) is 0 Å². The molecule has 4 nitrogen and oxygen atoms in total. The topological polar surface area (TPSA) is 77.2 Å². The second-order valence-electron chi connectivity index (χ2n) is 1.37. The number of imidazole rings is 1. The lowest BCUT2D eigenvalue weighted by Gasteiger charge is -1.82. The first-order valence-electron chi connectivity index (χ1n) is 2.12. The van der Waals surface area contributed by atoms with Gasteiger partial charge in [0.2, 0.25) is 0 Å². The van der Waals surface area contributed by atoms with E-state index in [1.807, 2.05) is 0 Å². The van der Waals surface area contributed by atoms with Gasteiger partial charge < -0.3 is 10.5 Å². The van der Waals surface area contributed by atoms with Crippen molar-refractivity contribution in [2.45, 2.75) is 5.03 Å². The van der Waals surface area contributed by atoms with Gasteiger partial charge in [0.25, 0.3) is 0 Å². The summed E-state index contributed by atoms with van der Waals surface area (Å²) in [6.07, 6.45) is 4.67. The van der Waals surface area contributed by atoms with Gasteiger partial charge in [0.15, 0.2) is 0 Å². The second kappa shape index (κ2) is 3.37. The fourth-order valence-electron chi connectivity index (χ4n) is 0.400. The summed E-state index contributed by atoms with van der Waals surface area (Å²) >= 11 is 0. The predicted molar refractivity (Wildman–Crippen MR) is 34.5 cm³/mol. The van der Waals surface area contributed by atoms with Crippen LogP contribution in [0, 0.1) is 0 Å². The van der Waals surface area contributed by atoms with Crippen LogP contribution >= 0.6 is 0 Å². The Morgan fingerprint density at radius 1 is 1.78 bits per heavy atom. The second-order valence-corrected chi connectivity index (χ2v) is 2.72. The summed E-state index contributed by atoms with van der Waals surface area (Å²) in [6, 6.07) is 0. The molecule has 0 aliphatic carbocycles. The van der Waals surface area contributed by atoms with Crippen LogP contribution in [-0.2, 0) is 10.8 Å². The van der Waals surface area contributed by atoms with Crippen molar-refractivity contribution in [3.05, 3.63) is 12.5 Å². The van der Waals surface area contributed by atoms with E-state index in [1.54, 1.807) is 12.5 Å². The standard InChI is InChI=1S/C4H6N2OS.H2O/c1-8(7)4-2-5-3-6-4;/h2-3H,1H3,(H,5,6);1H2. The number of aromatic amines is 1. The van der Waals surface area contributed by atoms with E-state index >= 15 is 0 Å². The normalized spacial score (nSPS) is 12.1. The van der Waals surface area contributed by atoms with Gasteiger partial charge in [-0.1, -0.05) is 0 Å². The fourth-order valence-corrected chi connectivity index (χ4v) is 0.828. The van der Waals surface area contributed by atoms with Crippen LogP contribution in [0.5, 0.6) is 0 Å². The average molecular weight is 148 g/mol. The Kier molecular flexibility index (Phi) is 3.11. The monoisotopic (exact) mass is 148 g/mol. The minimum atomic E-state index is -0.916. The Bertz CT molecular complexity index is 184. The SMILES string of the molecule is CS(=O)c1cnc[nH]1.O. The van der Waals surface area contributed by atoms with Gasteiger partial charge in [-0.05, 0) is 0 Å². The van der Waals surface area contributed by atoms with Crippen molar-refractivity contribution >= 4 is 10.8 Å². The molecule has 0 saturated heterocycles. The van der Waals surface area contributed by atoms with Gasteiger partial charge in [0.1, 0.15) is 5.03 Å². The molecule has 1 rings (SSSR count). The molecule has 0 radical (unpaired) electrons. The molecule has 9 heavy (non-hydrogen) atoms. The number of hydrogen-bond donors (Lipinski definition) is 1. The minimum Gasteiger partial charge on any atom is -0.412 e. The molecule has 1 aromatic rings. The van der Waals surface area contributed by atoms with E-state index in [9.17, 15) is 4.21 Å². The maximum atomic E-state index is 10.5. The Morgan fingerprint density at radius 3 is 2.67 bits per heavy atom. The molecule has 52 valence electrons. The average Bonchev–Trinajstić information content (AvgIpc) is 2.12. The van der Waals surface area contributed by atoms with Crippen LogP contribution in [0.15, 0.2) is 17.6 Å². The van der Waals surface area contributed by atoms with Crippen molar-refractivity contribution in [3.8, 4) is 0 Å². The molecule has 1 atom stereocenters. The lowest BCUT2D eigenvalue weighted by molar-refractivity contribution is 0.684. The van der Waals surface area contributed by atoms with Gasteiger partial charge >= 0.3 is 0 Å². The molecule has 0 amide bonds. The smallest absolute Gasteiger partial charge is 0.123 e. The first kappa shape index (κ1) is 8.32. The molecule has 0 bridgehead atoms. The zero-order valence-electron chi connectivity index (χ0n) is 4.92. The molecule has 0 aliphatic heterocycles. The van der Waals surface area contributed by atoms with Crippen molar-refractivity contribution in [2.75, 3.05) is 6.26 Å². The molecular weight excluding hydrogens is 140 g/mol. The van der Waals surface area contributed by atoms with E-state index in [1.165, 1.54) is 6.33 Å². The Hall–Kier alpha value is -0.680. The third-order valence-electron chi connectivity index (χ3n) is 0.783. The van der Waals surface area contributed by atoms with Crippen molar-refractivity contribution in [3.63, 3.8) is 0 Å². The third-order valence-corrected chi connectivity index (χ3v) is 1.63. The van der Waals surface area contributed by atoms with Crippen molar-refractivity contribution in [2.24, 2.45) is 0 Å². The predicted octanol–water partition coefficient (Wildman–Crippen LogP) is -0.678. The summed E-state index contributed by atoms with van der Waals surface area (Å²) in [5, 5.41) is 0.671. The van der Waals surface area contributed by atoms with Gasteiger partial charge in [-0.2, -0.15) is 0 Å². The van der Waals surface area contributed by atoms with E-state index in [0.717, 1.165) is 0 Å². The van der Waals surface area contributed by atoms with Crippen molar-refractivity contribution < 1.29 is 9.69 Å². The number of hydrogen-bond acceptors (Lipinski definition) is 2. The lowest BCUT2D eigenvalue weighted by Crippen LogP contribution is -1.84. The fraction of sp³-hybridized carbons (Fsp3) is 0.250. The molecule has 5 heteroatoms.